The van der Waals surface area contributed by atoms with Crippen molar-refractivity contribution in [1.82, 2.24) is 10.6 Å². The number of ether oxygens (including phenoxy) is 2. The van der Waals surface area contributed by atoms with Crippen molar-refractivity contribution in [2.45, 2.75) is 19.4 Å². The van der Waals surface area contributed by atoms with Gasteiger partial charge in [-0.15, -0.1) is 0 Å². The standard InChI is InChI=1S/C23H31FN4O2/c1-17(30-22-9-4-6-19(24)12-22)14-26-23(25-2)27-15-18-10-11-28(16-18)20-7-5-8-21(13-20)29-3/h4-9,12-13,17-18H,10-11,14-16H2,1-3H3,(H2,25,26,27). The van der Waals surface area contributed by atoms with Crippen molar-refractivity contribution in [3.8, 4) is 11.5 Å². The van der Waals surface area contributed by atoms with Gasteiger partial charge in [0, 0.05) is 44.5 Å². The summed E-state index contributed by atoms with van der Waals surface area (Å²) in [5.74, 6) is 2.38. The zero-order valence-electron chi connectivity index (χ0n) is 17.9. The summed E-state index contributed by atoms with van der Waals surface area (Å²) in [7, 11) is 3.45. The van der Waals surface area contributed by atoms with Crippen molar-refractivity contribution in [2.24, 2.45) is 10.9 Å². The predicted octanol–water partition coefficient (Wildman–Crippen LogP) is 3.29. The van der Waals surface area contributed by atoms with Crippen LogP contribution in [0.1, 0.15) is 13.3 Å². The molecule has 3 rings (SSSR count). The Balaban J connectivity index is 1.41. The van der Waals surface area contributed by atoms with E-state index in [4.69, 9.17) is 9.47 Å². The van der Waals surface area contributed by atoms with E-state index in [0.717, 1.165) is 37.8 Å². The molecule has 1 aliphatic heterocycles. The first-order chi connectivity index (χ1) is 14.6. The Morgan fingerprint density at radius 1 is 1.20 bits per heavy atom. The van der Waals surface area contributed by atoms with Gasteiger partial charge in [-0.25, -0.2) is 4.39 Å². The molecule has 0 amide bonds. The average molecular weight is 415 g/mol. The van der Waals surface area contributed by atoms with Crippen LogP contribution in [0.3, 0.4) is 0 Å². The normalized spacial score (nSPS) is 17.5. The lowest BCUT2D eigenvalue weighted by molar-refractivity contribution is 0.223. The van der Waals surface area contributed by atoms with Gasteiger partial charge in [0.2, 0.25) is 0 Å². The number of methoxy groups -OCH3 is 1. The van der Waals surface area contributed by atoms with Crippen molar-refractivity contribution in [2.75, 3.05) is 45.2 Å². The molecular formula is C23H31FN4O2. The topological polar surface area (TPSA) is 58.1 Å². The second-order valence-electron chi connectivity index (χ2n) is 7.52. The monoisotopic (exact) mass is 414 g/mol. The number of benzene rings is 2. The minimum Gasteiger partial charge on any atom is -0.497 e. The first kappa shape index (κ1) is 21.7. The van der Waals surface area contributed by atoms with Crippen LogP contribution in [0.25, 0.3) is 0 Å². The van der Waals surface area contributed by atoms with Crippen LogP contribution >= 0.6 is 0 Å². The van der Waals surface area contributed by atoms with Gasteiger partial charge < -0.3 is 25.0 Å². The molecule has 0 bridgehead atoms. The van der Waals surface area contributed by atoms with Crippen LogP contribution < -0.4 is 25.0 Å². The summed E-state index contributed by atoms with van der Waals surface area (Å²) >= 11 is 0. The van der Waals surface area contributed by atoms with E-state index in [1.54, 1.807) is 26.3 Å². The molecule has 6 nitrogen and oxygen atoms in total. The highest BCUT2D eigenvalue weighted by atomic mass is 19.1. The molecule has 0 radical (unpaired) electrons. The Labute approximate surface area is 178 Å². The van der Waals surface area contributed by atoms with Gasteiger partial charge in [-0.1, -0.05) is 12.1 Å². The Morgan fingerprint density at radius 3 is 2.77 bits per heavy atom. The first-order valence-electron chi connectivity index (χ1n) is 10.3. The maximum Gasteiger partial charge on any atom is 0.191 e. The Morgan fingerprint density at radius 2 is 2.00 bits per heavy atom. The van der Waals surface area contributed by atoms with E-state index in [0.29, 0.717) is 18.2 Å². The van der Waals surface area contributed by atoms with Crippen LogP contribution in [0, 0.1) is 11.7 Å². The molecule has 2 atom stereocenters. The summed E-state index contributed by atoms with van der Waals surface area (Å²) in [6.45, 7) is 5.38. The molecule has 2 unspecified atom stereocenters. The van der Waals surface area contributed by atoms with Crippen LogP contribution in [-0.4, -0.2) is 52.4 Å². The summed E-state index contributed by atoms with van der Waals surface area (Å²) in [6, 6.07) is 14.4. The highest BCUT2D eigenvalue weighted by Crippen LogP contribution is 2.26. The largest absolute Gasteiger partial charge is 0.497 e. The van der Waals surface area contributed by atoms with E-state index in [2.05, 4.69) is 32.7 Å². The molecule has 2 N–H and O–H groups in total. The maximum absolute atomic E-state index is 13.3. The molecule has 162 valence electrons. The summed E-state index contributed by atoms with van der Waals surface area (Å²) in [5.41, 5.74) is 1.20. The lowest BCUT2D eigenvalue weighted by Gasteiger charge is -2.21. The summed E-state index contributed by atoms with van der Waals surface area (Å²) in [5, 5.41) is 6.68. The van der Waals surface area contributed by atoms with Gasteiger partial charge in [0.05, 0.1) is 13.7 Å². The number of hydrogen-bond acceptors (Lipinski definition) is 4. The number of rotatable bonds is 8. The molecule has 7 heteroatoms. The number of hydrogen-bond donors (Lipinski definition) is 2. The van der Waals surface area contributed by atoms with Gasteiger partial charge in [0.1, 0.15) is 23.4 Å². The second kappa shape index (κ2) is 10.7. The van der Waals surface area contributed by atoms with E-state index >= 15 is 0 Å². The van der Waals surface area contributed by atoms with Crippen molar-refractivity contribution in [3.63, 3.8) is 0 Å². The van der Waals surface area contributed by atoms with Gasteiger partial charge in [-0.3, -0.25) is 4.99 Å². The predicted molar refractivity (Wildman–Crippen MR) is 119 cm³/mol. The van der Waals surface area contributed by atoms with Crippen molar-refractivity contribution in [1.29, 1.82) is 0 Å². The van der Waals surface area contributed by atoms with Gasteiger partial charge in [0.25, 0.3) is 0 Å². The molecule has 1 saturated heterocycles. The van der Waals surface area contributed by atoms with Gasteiger partial charge in [-0.2, -0.15) is 0 Å². The zero-order valence-corrected chi connectivity index (χ0v) is 17.9. The van der Waals surface area contributed by atoms with Gasteiger partial charge in [-0.05, 0) is 43.5 Å². The third-order valence-electron chi connectivity index (χ3n) is 5.18. The highest BCUT2D eigenvalue weighted by molar-refractivity contribution is 5.79. The minimum absolute atomic E-state index is 0.125. The molecule has 1 aliphatic rings. The third-order valence-corrected chi connectivity index (χ3v) is 5.18. The smallest absolute Gasteiger partial charge is 0.191 e. The van der Waals surface area contributed by atoms with Crippen LogP contribution in [0.4, 0.5) is 10.1 Å². The van der Waals surface area contributed by atoms with E-state index in [1.165, 1.54) is 17.8 Å². The first-order valence-corrected chi connectivity index (χ1v) is 10.3. The summed E-state index contributed by atoms with van der Waals surface area (Å²) in [4.78, 5) is 6.68. The van der Waals surface area contributed by atoms with E-state index in [1.807, 2.05) is 19.1 Å². The van der Waals surface area contributed by atoms with Crippen LogP contribution in [0.5, 0.6) is 11.5 Å². The second-order valence-corrected chi connectivity index (χ2v) is 7.52. The number of halogens is 1. The fourth-order valence-electron chi connectivity index (χ4n) is 3.56. The maximum atomic E-state index is 13.3. The molecule has 0 aromatic heterocycles. The number of nitrogens with zero attached hydrogens (tertiary/aromatic N) is 2. The van der Waals surface area contributed by atoms with Gasteiger partial charge >= 0.3 is 0 Å². The molecule has 0 aliphatic carbocycles. The quantitative estimate of drug-likeness (QED) is 0.513. The van der Waals surface area contributed by atoms with E-state index in [-0.39, 0.29) is 11.9 Å². The molecule has 0 saturated carbocycles. The molecule has 1 fully saturated rings. The SMILES string of the molecule is CN=C(NCC1CCN(c2cccc(OC)c2)C1)NCC(C)Oc1cccc(F)c1. The van der Waals surface area contributed by atoms with Crippen LogP contribution in [0.2, 0.25) is 0 Å². The Kier molecular flexibility index (Phi) is 7.76. The molecule has 30 heavy (non-hydrogen) atoms. The van der Waals surface area contributed by atoms with E-state index < -0.39 is 0 Å². The molecule has 2 aromatic rings. The molecule has 0 spiro atoms. The minimum atomic E-state index is -0.301. The fraction of sp³-hybridized carbons (Fsp3) is 0.435. The lowest BCUT2D eigenvalue weighted by atomic mass is 10.1. The molecule has 2 aromatic carbocycles. The van der Waals surface area contributed by atoms with Crippen molar-refractivity contribution >= 4 is 11.6 Å². The fourth-order valence-corrected chi connectivity index (χ4v) is 3.56. The Hall–Kier alpha value is -2.96. The van der Waals surface area contributed by atoms with Gasteiger partial charge in [0.15, 0.2) is 5.96 Å². The van der Waals surface area contributed by atoms with Crippen molar-refractivity contribution < 1.29 is 13.9 Å². The molecule has 1 heterocycles. The number of nitrogens with one attached hydrogen (secondary N) is 2. The Bertz CT molecular complexity index is 845. The average Bonchev–Trinajstić information content (AvgIpc) is 3.23. The lowest BCUT2D eigenvalue weighted by Crippen LogP contribution is -2.43. The summed E-state index contributed by atoms with van der Waals surface area (Å²) in [6.07, 6.45) is 1.00. The van der Waals surface area contributed by atoms with Crippen molar-refractivity contribution in [3.05, 3.63) is 54.3 Å². The van der Waals surface area contributed by atoms with Crippen LogP contribution in [0.15, 0.2) is 53.5 Å². The molecular weight excluding hydrogens is 383 g/mol. The third kappa shape index (κ3) is 6.27. The highest BCUT2D eigenvalue weighted by Gasteiger charge is 2.23. The summed E-state index contributed by atoms with van der Waals surface area (Å²) < 4.78 is 24.4. The van der Waals surface area contributed by atoms with E-state index in [9.17, 15) is 4.39 Å². The number of anilines is 1. The number of aliphatic imine (C=N–C) groups is 1. The number of guanidine groups is 1. The van der Waals surface area contributed by atoms with Crippen LogP contribution in [-0.2, 0) is 0 Å². The zero-order chi connectivity index (χ0) is 21.3.